The molecule has 0 aromatic heterocycles. The van der Waals surface area contributed by atoms with Crippen LogP contribution in [0.5, 0.6) is 0 Å². The molecule has 3 rings (SSSR count). The van der Waals surface area contributed by atoms with Crippen molar-refractivity contribution in [2.45, 2.75) is 26.4 Å². The molecule has 1 N–H and O–H groups in total. The number of carbonyl (C=O) groups excluding carboxylic acids is 4. The monoisotopic (exact) mass is 380 g/mol. The third-order valence-electron chi connectivity index (χ3n) is 4.47. The number of carbonyl (C=O) groups is 4. The van der Waals surface area contributed by atoms with Crippen molar-refractivity contribution in [2.24, 2.45) is 0 Å². The Bertz CT molecular complexity index is 901. The van der Waals surface area contributed by atoms with Crippen molar-refractivity contribution in [3.8, 4) is 0 Å². The highest BCUT2D eigenvalue weighted by Crippen LogP contribution is 2.22. The molecule has 2 aromatic carbocycles. The summed E-state index contributed by atoms with van der Waals surface area (Å²) in [7, 11) is 0. The molecule has 1 aliphatic rings. The highest BCUT2D eigenvalue weighted by molar-refractivity contribution is 6.22. The van der Waals surface area contributed by atoms with Crippen molar-refractivity contribution in [3.05, 3.63) is 65.2 Å². The molecule has 0 aliphatic carbocycles. The van der Waals surface area contributed by atoms with E-state index in [2.05, 4.69) is 5.32 Å². The lowest BCUT2D eigenvalue weighted by atomic mass is 10.1. The van der Waals surface area contributed by atoms with Crippen LogP contribution in [0.2, 0.25) is 0 Å². The SMILES string of the molecule is CCc1ccc(NC(=O)[C@H](C)OC(=O)CN2C(=O)c3ccccc3C2=O)cc1. The van der Waals surface area contributed by atoms with E-state index in [0.717, 1.165) is 16.9 Å². The van der Waals surface area contributed by atoms with Crippen molar-refractivity contribution < 1.29 is 23.9 Å². The number of anilines is 1. The van der Waals surface area contributed by atoms with E-state index < -0.39 is 36.3 Å². The number of nitrogens with one attached hydrogen (secondary N) is 1. The Labute approximate surface area is 162 Å². The van der Waals surface area contributed by atoms with Gasteiger partial charge in [-0.05, 0) is 43.2 Å². The van der Waals surface area contributed by atoms with Gasteiger partial charge in [0.1, 0.15) is 6.54 Å². The van der Waals surface area contributed by atoms with Crippen LogP contribution in [-0.4, -0.2) is 41.2 Å². The Hall–Kier alpha value is -3.48. The van der Waals surface area contributed by atoms with Gasteiger partial charge in [0.2, 0.25) is 0 Å². The van der Waals surface area contributed by atoms with Gasteiger partial charge in [0.05, 0.1) is 11.1 Å². The molecule has 144 valence electrons. The minimum atomic E-state index is -1.08. The standard InChI is InChI=1S/C21H20N2O5/c1-3-14-8-10-15(11-9-14)22-19(25)13(2)28-18(24)12-23-20(26)16-6-4-5-7-17(16)21(23)27/h4-11,13H,3,12H2,1-2H3,(H,22,25)/t13-/m0/s1. The van der Waals surface area contributed by atoms with Gasteiger partial charge in [-0.15, -0.1) is 0 Å². The van der Waals surface area contributed by atoms with E-state index in [1.807, 2.05) is 19.1 Å². The fourth-order valence-corrected chi connectivity index (χ4v) is 2.87. The van der Waals surface area contributed by atoms with Crippen LogP contribution >= 0.6 is 0 Å². The highest BCUT2D eigenvalue weighted by atomic mass is 16.5. The summed E-state index contributed by atoms with van der Waals surface area (Å²) in [6, 6.07) is 13.7. The lowest BCUT2D eigenvalue weighted by Gasteiger charge is -2.17. The van der Waals surface area contributed by atoms with Crippen LogP contribution in [0.4, 0.5) is 5.69 Å². The Morgan fingerprint density at radius 3 is 2.11 bits per heavy atom. The normalized spacial score (nSPS) is 13.9. The predicted octanol–water partition coefficient (Wildman–Crippen LogP) is 2.42. The number of nitrogens with zero attached hydrogens (tertiary/aromatic N) is 1. The first-order valence-corrected chi connectivity index (χ1v) is 8.95. The van der Waals surface area contributed by atoms with E-state index in [0.29, 0.717) is 5.69 Å². The average Bonchev–Trinajstić information content (AvgIpc) is 2.93. The predicted molar refractivity (Wildman–Crippen MR) is 102 cm³/mol. The van der Waals surface area contributed by atoms with Crippen LogP contribution < -0.4 is 5.32 Å². The number of rotatable bonds is 6. The maximum atomic E-state index is 12.3. The van der Waals surface area contributed by atoms with E-state index >= 15 is 0 Å². The van der Waals surface area contributed by atoms with E-state index in [1.54, 1.807) is 24.3 Å². The number of fused-ring (bicyclic) bond motifs is 1. The quantitative estimate of drug-likeness (QED) is 0.614. The molecule has 1 heterocycles. The summed E-state index contributed by atoms with van der Waals surface area (Å²) in [6.07, 6.45) is -0.186. The molecule has 1 aliphatic heterocycles. The maximum absolute atomic E-state index is 12.3. The second-order valence-electron chi connectivity index (χ2n) is 6.41. The lowest BCUT2D eigenvalue weighted by molar-refractivity contribution is -0.153. The number of hydrogen-bond donors (Lipinski definition) is 1. The molecule has 0 radical (unpaired) electrons. The third kappa shape index (κ3) is 3.93. The maximum Gasteiger partial charge on any atom is 0.326 e. The topological polar surface area (TPSA) is 92.8 Å². The number of hydrogen-bond acceptors (Lipinski definition) is 5. The molecule has 1 atom stereocenters. The Kier molecular flexibility index (Phi) is 5.54. The molecule has 7 heteroatoms. The zero-order valence-electron chi connectivity index (χ0n) is 15.6. The van der Waals surface area contributed by atoms with Gasteiger partial charge < -0.3 is 10.1 Å². The smallest absolute Gasteiger partial charge is 0.326 e. The lowest BCUT2D eigenvalue weighted by Crippen LogP contribution is -2.38. The number of ether oxygens (including phenoxy) is 1. The molecule has 3 amide bonds. The van der Waals surface area contributed by atoms with Gasteiger partial charge in [0.25, 0.3) is 17.7 Å². The van der Waals surface area contributed by atoms with E-state index in [4.69, 9.17) is 4.74 Å². The fraction of sp³-hybridized carbons (Fsp3) is 0.238. The number of benzene rings is 2. The van der Waals surface area contributed by atoms with Gasteiger partial charge in [-0.3, -0.25) is 24.1 Å². The van der Waals surface area contributed by atoms with Gasteiger partial charge in [-0.2, -0.15) is 0 Å². The minimum Gasteiger partial charge on any atom is -0.451 e. The van der Waals surface area contributed by atoms with Crippen molar-refractivity contribution in [1.29, 1.82) is 0 Å². The van der Waals surface area contributed by atoms with Gasteiger partial charge in [-0.1, -0.05) is 31.2 Å². The van der Waals surface area contributed by atoms with Gasteiger partial charge in [0.15, 0.2) is 6.10 Å². The van der Waals surface area contributed by atoms with Gasteiger partial charge in [-0.25, -0.2) is 0 Å². The molecule has 0 saturated heterocycles. The Balaban J connectivity index is 1.56. The van der Waals surface area contributed by atoms with Crippen molar-refractivity contribution >= 4 is 29.4 Å². The van der Waals surface area contributed by atoms with Gasteiger partial charge in [0, 0.05) is 5.69 Å². The molecule has 7 nitrogen and oxygen atoms in total. The summed E-state index contributed by atoms with van der Waals surface area (Å²) >= 11 is 0. The summed E-state index contributed by atoms with van der Waals surface area (Å²) in [6.45, 7) is 2.91. The summed E-state index contributed by atoms with van der Waals surface area (Å²) < 4.78 is 5.09. The average molecular weight is 380 g/mol. The summed E-state index contributed by atoms with van der Waals surface area (Å²) in [4.78, 5) is 49.7. The van der Waals surface area contributed by atoms with Crippen LogP contribution in [0.3, 0.4) is 0 Å². The third-order valence-corrected chi connectivity index (χ3v) is 4.47. The Morgan fingerprint density at radius 2 is 1.57 bits per heavy atom. The number of amides is 3. The van der Waals surface area contributed by atoms with Crippen LogP contribution in [-0.2, 0) is 20.7 Å². The zero-order valence-corrected chi connectivity index (χ0v) is 15.6. The molecule has 0 saturated carbocycles. The molecule has 0 bridgehead atoms. The fourth-order valence-electron chi connectivity index (χ4n) is 2.87. The zero-order chi connectivity index (χ0) is 20.3. The van der Waals surface area contributed by atoms with Crippen molar-refractivity contribution in [2.75, 3.05) is 11.9 Å². The molecular formula is C21H20N2O5. The number of aryl methyl sites for hydroxylation is 1. The van der Waals surface area contributed by atoms with E-state index in [1.165, 1.54) is 19.1 Å². The molecule has 2 aromatic rings. The van der Waals surface area contributed by atoms with Crippen LogP contribution in [0.15, 0.2) is 48.5 Å². The Morgan fingerprint density at radius 1 is 1.00 bits per heavy atom. The van der Waals surface area contributed by atoms with Crippen LogP contribution in [0, 0.1) is 0 Å². The van der Waals surface area contributed by atoms with Crippen LogP contribution in [0.1, 0.15) is 40.1 Å². The molecule has 0 fully saturated rings. The summed E-state index contributed by atoms with van der Waals surface area (Å²) in [5, 5.41) is 2.66. The van der Waals surface area contributed by atoms with E-state index in [9.17, 15) is 19.2 Å². The second-order valence-corrected chi connectivity index (χ2v) is 6.41. The molecular weight excluding hydrogens is 360 g/mol. The number of imide groups is 1. The van der Waals surface area contributed by atoms with Crippen LogP contribution in [0.25, 0.3) is 0 Å². The first-order valence-electron chi connectivity index (χ1n) is 8.95. The molecule has 0 spiro atoms. The second kappa shape index (κ2) is 8.04. The minimum absolute atomic E-state index is 0.251. The van der Waals surface area contributed by atoms with Crippen molar-refractivity contribution in [3.63, 3.8) is 0 Å². The molecule has 0 unspecified atom stereocenters. The first-order chi connectivity index (χ1) is 13.4. The first kappa shape index (κ1) is 19.3. The number of esters is 1. The largest absolute Gasteiger partial charge is 0.451 e. The molecule has 28 heavy (non-hydrogen) atoms. The van der Waals surface area contributed by atoms with E-state index in [-0.39, 0.29) is 11.1 Å². The van der Waals surface area contributed by atoms with Crippen molar-refractivity contribution in [1.82, 2.24) is 4.90 Å². The summed E-state index contributed by atoms with van der Waals surface area (Å²) in [5.41, 5.74) is 2.23. The van der Waals surface area contributed by atoms with Gasteiger partial charge >= 0.3 is 5.97 Å². The highest BCUT2D eigenvalue weighted by Gasteiger charge is 2.37. The summed E-state index contributed by atoms with van der Waals surface area (Å²) in [5.74, 6) is -2.44.